The summed E-state index contributed by atoms with van der Waals surface area (Å²) in [7, 11) is 0. The van der Waals surface area contributed by atoms with Gasteiger partial charge in [0.05, 0.1) is 0 Å². The molecule has 0 aliphatic carbocycles. The van der Waals surface area contributed by atoms with Gasteiger partial charge in [0, 0.05) is 10.6 Å². The molecule has 0 fully saturated rings. The van der Waals surface area contributed by atoms with Crippen molar-refractivity contribution in [2.75, 3.05) is 0 Å². The zero-order valence-corrected chi connectivity index (χ0v) is 9.85. The Morgan fingerprint density at radius 2 is 1.59 bits per heavy atom. The molecule has 0 saturated carbocycles. The number of rotatable bonds is 1. The molecule has 0 radical (unpaired) electrons. The molecule has 1 unspecified atom stereocenters. The minimum Gasteiger partial charge on any atom is -0.376 e. The van der Waals surface area contributed by atoms with Crippen LogP contribution in [0.2, 0.25) is 5.02 Å². The van der Waals surface area contributed by atoms with Gasteiger partial charge in [-0.3, -0.25) is 0 Å². The van der Waals surface area contributed by atoms with Gasteiger partial charge >= 0.3 is 0 Å². The van der Waals surface area contributed by atoms with Crippen LogP contribution in [0.5, 0.6) is 0 Å². The summed E-state index contributed by atoms with van der Waals surface area (Å²) in [6.45, 7) is 0. The Hall–Kier alpha value is -1.75. The van der Waals surface area contributed by atoms with Crippen molar-refractivity contribution in [3.05, 3.63) is 70.7 Å². The van der Waals surface area contributed by atoms with Gasteiger partial charge in [0.1, 0.15) is 6.10 Å². The van der Waals surface area contributed by atoms with Crippen molar-refractivity contribution < 1.29 is 5.11 Å². The predicted molar refractivity (Wildman–Crippen MR) is 69.7 cm³/mol. The molecule has 0 bridgehead atoms. The van der Waals surface area contributed by atoms with E-state index >= 15 is 0 Å². The fraction of sp³-hybridized carbons (Fsp3) is 0.0667. The maximum absolute atomic E-state index is 9.86. The Morgan fingerprint density at radius 1 is 0.941 bits per heavy atom. The Balaban J connectivity index is 2.15. The summed E-state index contributed by atoms with van der Waals surface area (Å²) in [5, 5.41) is 10.5. The van der Waals surface area contributed by atoms with E-state index in [1.165, 1.54) is 0 Å². The second-order valence-electron chi connectivity index (χ2n) is 3.59. The maximum Gasteiger partial charge on any atom is 0.140 e. The third-order valence-corrected chi connectivity index (χ3v) is 2.56. The van der Waals surface area contributed by atoms with Crippen molar-refractivity contribution >= 4 is 11.6 Å². The van der Waals surface area contributed by atoms with Gasteiger partial charge in [-0.15, -0.1) is 0 Å². The summed E-state index contributed by atoms with van der Waals surface area (Å²) in [6.07, 6.45) is -0.785. The molecule has 0 heterocycles. The van der Waals surface area contributed by atoms with Gasteiger partial charge in [0.25, 0.3) is 0 Å². The van der Waals surface area contributed by atoms with E-state index in [1.807, 2.05) is 30.3 Å². The van der Waals surface area contributed by atoms with Crippen molar-refractivity contribution in [1.29, 1.82) is 0 Å². The van der Waals surface area contributed by atoms with Crippen LogP contribution < -0.4 is 0 Å². The lowest BCUT2D eigenvalue weighted by atomic mass is 10.1. The maximum atomic E-state index is 9.86. The normalized spacial score (nSPS) is 11.4. The van der Waals surface area contributed by atoms with Crippen LogP contribution in [-0.4, -0.2) is 5.11 Å². The van der Waals surface area contributed by atoms with Gasteiger partial charge in [-0.25, -0.2) is 0 Å². The highest BCUT2D eigenvalue weighted by Gasteiger charge is 2.02. The number of hydrogen-bond acceptors (Lipinski definition) is 1. The van der Waals surface area contributed by atoms with E-state index in [2.05, 4.69) is 11.8 Å². The largest absolute Gasteiger partial charge is 0.376 e. The lowest BCUT2D eigenvalue weighted by Gasteiger charge is -2.02. The second kappa shape index (κ2) is 5.54. The SMILES string of the molecule is OC(C#Cc1ccccc1)c1ccc(Cl)cc1. The fourth-order valence-electron chi connectivity index (χ4n) is 1.40. The average molecular weight is 243 g/mol. The first-order valence-electron chi connectivity index (χ1n) is 5.26. The van der Waals surface area contributed by atoms with Gasteiger partial charge in [-0.1, -0.05) is 53.8 Å². The zero-order chi connectivity index (χ0) is 12.1. The van der Waals surface area contributed by atoms with E-state index in [1.54, 1.807) is 24.3 Å². The van der Waals surface area contributed by atoms with Crippen LogP contribution in [0, 0.1) is 11.8 Å². The van der Waals surface area contributed by atoms with Crippen LogP contribution in [0.4, 0.5) is 0 Å². The van der Waals surface area contributed by atoms with E-state index in [4.69, 9.17) is 11.6 Å². The smallest absolute Gasteiger partial charge is 0.140 e. The van der Waals surface area contributed by atoms with E-state index in [0.29, 0.717) is 5.02 Å². The lowest BCUT2D eigenvalue weighted by Crippen LogP contribution is -1.92. The third kappa shape index (κ3) is 3.35. The van der Waals surface area contributed by atoms with Crippen LogP contribution >= 0.6 is 11.6 Å². The van der Waals surface area contributed by atoms with Crippen molar-refractivity contribution in [3.8, 4) is 11.8 Å². The van der Waals surface area contributed by atoms with Crippen LogP contribution in [0.1, 0.15) is 17.2 Å². The summed E-state index contributed by atoms with van der Waals surface area (Å²) in [4.78, 5) is 0. The Labute approximate surface area is 106 Å². The molecule has 0 saturated heterocycles. The van der Waals surface area contributed by atoms with Crippen LogP contribution in [0.25, 0.3) is 0 Å². The first-order chi connectivity index (χ1) is 8.25. The molecule has 0 aliphatic heterocycles. The monoisotopic (exact) mass is 242 g/mol. The average Bonchev–Trinajstić information content (AvgIpc) is 2.38. The third-order valence-electron chi connectivity index (χ3n) is 2.31. The summed E-state index contributed by atoms with van der Waals surface area (Å²) in [5.74, 6) is 5.72. The van der Waals surface area contributed by atoms with Gasteiger partial charge in [0.15, 0.2) is 0 Å². The Kier molecular flexibility index (Phi) is 3.82. The fourth-order valence-corrected chi connectivity index (χ4v) is 1.53. The molecule has 2 aromatic carbocycles. The van der Waals surface area contributed by atoms with Crippen LogP contribution in [0.3, 0.4) is 0 Å². The van der Waals surface area contributed by atoms with Crippen molar-refractivity contribution in [1.82, 2.24) is 0 Å². The molecular formula is C15H11ClO. The zero-order valence-electron chi connectivity index (χ0n) is 9.10. The Morgan fingerprint density at radius 3 is 2.24 bits per heavy atom. The molecule has 0 spiro atoms. The number of halogens is 1. The van der Waals surface area contributed by atoms with E-state index in [0.717, 1.165) is 11.1 Å². The topological polar surface area (TPSA) is 20.2 Å². The minimum absolute atomic E-state index is 0.650. The molecule has 0 aliphatic rings. The molecular weight excluding hydrogens is 232 g/mol. The Bertz CT molecular complexity index is 535. The van der Waals surface area contributed by atoms with Gasteiger partial charge in [-0.2, -0.15) is 0 Å². The molecule has 2 aromatic rings. The standard InChI is InChI=1S/C15H11ClO/c16-14-9-7-13(8-10-14)15(17)11-6-12-4-2-1-3-5-12/h1-5,7-10,15,17H. The van der Waals surface area contributed by atoms with Crippen molar-refractivity contribution in [3.63, 3.8) is 0 Å². The molecule has 1 atom stereocenters. The van der Waals surface area contributed by atoms with E-state index in [9.17, 15) is 5.11 Å². The van der Waals surface area contributed by atoms with E-state index in [-0.39, 0.29) is 0 Å². The highest BCUT2D eigenvalue weighted by molar-refractivity contribution is 6.30. The van der Waals surface area contributed by atoms with Gasteiger partial charge in [0.2, 0.25) is 0 Å². The van der Waals surface area contributed by atoms with Crippen molar-refractivity contribution in [2.45, 2.75) is 6.10 Å². The molecule has 17 heavy (non-hydrogen) atoms. The predicted octanol–water partition coefficient (Wildman–Crippen LogP) is 3.43. The molecule has 2 heteroatoms. The number of hydrogen-bond donors (Lipinski definition) is 1. The van der Waals surface area contributed by atoms with Crippen molar-refractivity contribution in [2.24, 2.45) is 0 Å². The molecule has 84 valence electrons. The lowest BCUT2D eigenvalue weighted by molar-refractivity contribution is 0.238. The second-order valence-corrected chi connectivity index (χ2v) is 4.03. The molecule has 0 amide bonds. The summed E-state index contributed by atoms with van der Waals surface area (Å²) in [5.41, 5.74) is 1.64. The van der Waals surface area contributed by atoms with E-state index < -0.39 is 6.10 Å². The van der Waals surface area contributed by atoms with Gasteiger partial charge in [-0.05, 0) is 29.8 Å². The molecule has 1 N–H and O–H groups in total. The highest BCUT2D eigenvalue weighted by Crippen LogP contribution is 2.15. The molecule has 1 nitrogen and oxygen atoms in total. The minimum atomic E-state index is -0.785. The number of aliphatic hydroxyl groups is 1. The van der Waals surface area contributed by atoms with Crippen LogP contribution in [0.15, 0.2) is 54.6 Å². The quantitative estimate of drug-likeness (QED) is 0.760. The first-order valence-corrected chi connectivity index (χ1v) is 5.63. The molecule has 0 aromatic heterocycles. The highest BCUT2D eigenvalue weighted by atomic mass is 35.5. The first kappa shape index (κ1) is 11.7. The summed E-state index contributed by atoms with van der Waals surface area (Å²) >= 11 is 5.77. The number of benzene rings is 2. The van der Waals surface area contributed by atoms with Crippen LogP contribution in [-0.2, 0) is 0 Å². The summed E-state index contributed by atoms with van der Waals surface area (Å²) in [6, 6.07) is 16.6. The summed E-state index contributed by atoms with van der Waals surface area (Å²) < 4.78 is 0. The molecule has 2 rings (SSSR count). The van der Waals surface area contributed by atoms with Gasteiger partial charge < -0.3 is 5.11 Å². The number of aliphatic hydroxyl groups excluding tert-OH is 1.